The van der Waals surface area contributed by atoms with Gasteiger partial charge >= 0.3 is 5.97 Å². The van der Waals surface area contributed by atoms with Crippen LogP contribution in [0.1, 0.15) is 40.0 Å². The molecule has 0 aromatic heterocycles. The molecule has 0 spiro atoms. The second kappa shape index (κ2) is 6.52. The average molecular weight is 311 g/mol. The van der Waals surface area contributed by atoms with Crippen molar-refractivity contribution in [1.29, 1.82) is 0 Å². The van der Waals surface area contributed by atoms with Gasteiger partial charge in [0.25, 0.3) is 5.91 Å². The molecular weight excluding hydrogens is 294 g/mol. The molecule has 5 nitrogen and oxygen atoms in total. The maximum absolute atomic E-state index is 12.2. The lowest BCUT2D eigenvalue weighted by atomic mass is 9.96. The van der Waals surface area contributed by atoms with Gasteiger partial charge in [0.15, 0.2) is 0 Å². The molecule has 0 radical (unpaired) electrons. The standard InChI is InChI=1S/C18H17NO4/c20-17(19-16-7-2-1-6-15(16)18(21)22)12-8-10-14(11-9-12)23-13-4-3-5-13/h1-2,6-11,13H,3-5H2,(H,19,20)(H,21,22). The summed E-state index contributed by atoms with van der Waals surface area (Å²) in [4.78, 5) is 23.4. The third kappa shape index (κ3) is 3.51. The van der Waals surface area contributed by atoms with Crippen LogP contribution in [0.3, 0.4) is 0 Å². The molecule has 2 aromatic rings. The fraction of sp³-hybridized carbons (Fsp3) is 0.222. The minimum absolute atomic E-state index is 0.0609. The number of rotatable bonds is 5. The van der Waals surface area contributed by atoms with Crippen molar-refractivity contribution in [3.63, 3.8) is 0 Å². The fourth-order valence-electron chi connectivity index (χ4n) is 2.34. The van der Waals surface area contributed by atoms with Crippen molar-refractivity contribution in [2.24, 2.45) is 0 Å². The topological polar surface area (TPSA) is 75.6 Å². The number of amides is 1. The van der Waals surface area contributed by atoms with E-state index in [4.69, 9.17) is 9.84 Å². The van der Waals surface area contributed by atoms with E-state index in [0.29, 0.717) is 5.56 Å². The maximum Gasteiger partial charge on any atom is 0.337 e. The van der Waals surface area contributed by atoms with Crippen LogP contribution in [0.5, 0.6) is 5.75 Å². The lowest BCUT2D eigenvalue weighted by molar-refractivity contribution is 0.0698. The summed E-state index contributed by atoms with van der Waals surface area (Å²) < 4.78 is 5.74. The molecule has 2 N–H and O–H groups in total. The Kier molecular flexibility index (Phi) is 4.28. The Morgan fingerprint density at radius 3 is 2.35 bits per heavy atom. The van der Waals surface area contributed by atoms with E-state index in [0.717, 1.165) is 18.6 Å². The number of hydrogen-bond acceptors (Lipinski definition) is 3. The van der Waals surface area contributed by atoms with Crippen molar-refractivity contribution in [3.8, 4) is 5.75 Å². The van der Waals surface area contributed by atoms with Gasteiger partial charge in [-0.05, 0) is 55.7 Å². The quantitative estimate of drug-likeness (QED) is 0.885. The summed E-state index contributed by atoms with van der Waals surface area (Å²) in [6.45, 7) is 0. The van der Waals surface area contributed by atoms with E-state index in [1.165, 1.54) is 12.5 Å². The molecule has 0 aliphatic heterocycles. The number of aromatic carboxylic acids is 1. The molecule has 1 fully saturated rings. The van der Waals surface area contributed by atoms with Gasteiger partial charge in [-0.25, -0.2) is 4.79 Å². The van der Waals surface area contributed by atoms with E-state index in [9.17, 15) is 9.59 Å². The number of anilines is 1. The van der Waals surface area contributed by atoms with Gasteiger partial charge in [-0.2, -0.15) is 0 Å². The monoisotopic (exact) mass is 311 g/mol. The molecule has 23 heavy (non-hydrogen) atoms. The van der Waals surface area contributed by atoms with Crippen LogP contribution in [-0.4, -0.2) is 23.1 Å². The number of carboxylic acid groups (broad SMARTS) is 1. The first kappa shape index (κ1) is 15.1. The van der Waals surface area contributed by atoms with E-state index in [1.807, 2.05) is 0 Å². The van der Waals surface area contributed by atoms with E-state index >= 15 is 0 Å². The van der Waals surface area contributed by atoms with Crippen LogP contribution in [0.2, 0.25) is 0 Å². The number of nitrogens with one attached hydrogen (secondary N) is 1. The van der Waals surface area contributed by atoms with Crippen molar-refractivity contribution in [2.75, 3.05) is 5.32 Å². The van der Waals surface area contributed by atoms with Crippen LogP contribution in [0.4, 0.5) is 5.69 Å². The summed E-state index contributed by atoms with van der Waals surface area (Å²) in [7, 11) is 0. The highest BCUT2D eigenvalue weighted by atomic mass is 16.5. The number of benzene rings is 2. The van der Waals surface area contributed by atoms with E-state index in [1.54, 1.807) is 42.5 Å². The molecule has 0 bridgehead atoms. The molecule has 5 heteroatoms. The summed E-state index contributed by atoms with van der Waals surface area (Å²) in [5.41, 5.74) is 0.789. The van der Waals surface area contributed by atoms with Gasteiger partial charge < -0.3 is 15.2 Å². The summed E-state index contributed by atoms with van der Waals surface area (Å²) in [6, 6.07) is 13.2. The highest BCUT2D eigenvalue weighted by Crippen LogP contribution is 2.25. The zero-order valence-corrected chi connectivity index (χ0v) is 12.5. The van der Waals surface area contributed by atoms with Crippen LogP contribution < -0.4 is 10.1 Å². The third-order valence-corrected chi connectivity index (χ3v) is 3.88. The smallest absolute Gasteiger partial charge is 0.337 e. The molecule has 1 amide bonds. The summed E-state index contributed by atoms with van der Waals surface area (Å²) in [6.07, 6.45) is 3.65. The molecule has 2 aromatic carbocycles. The largest absolute Gasteiger partial charge is 0.490 e. The van der Waals surface area contributed by atoms with Gasteiger partial charge in [-0.15, -0.1) is 0 Å². The summed E-state index contributed by atoms with van der Waals surface area (Å²) in [5, 5.41) is 11.8. The highest BCUT2D eigenvalue weighted by molar-refractivity contribution is 6.07. The predicted octanol–water partition coefficient (Wildman–Crippen LogP) is 3.57. The number of carboxylic acids is 1. The van der Waals surface area contributed by atoms with E-state index in [-0.39, 0.29) is 23.3 Å². The van der Waals surface area contributed by atoms with Crippen molar-refractivity contribution >= 4 is 17.6 Å². The van der Waals surface area contributed by atoms with E-state index < -0.39 is 5.97 Å². The number of carbonyl (C=O) groups excluding carboxylic acids is 1. The van der Waals surface area contributed by atoms with Crippen molar-refractivity contribution in [1.82, 2.24) is 0 Å². The van der Waals surface area contributed by atoms with Crippen molar-refractivity contribution < 1.29 is 19.4 Å². The van der Waals surface area contributed by atoms with E-state index in [2.05, 4.69) is 5.32 Å². The lowest BCUT2D eigenvalue weighted by Gasteiger charge is -2.26. The summed E-state index contributed by atoms with van der Waals surface area (Å²) >= 11 is 0. The minimum Gasteiger partial charge on any atom is -0.490 e. The first-order valence-electron chi connectivity index (χ1n) is 7.54. The Hall–Kier alpha value is -2.82. The minimum atomic E-state index is -1.08. The predicted molar refractivity (Wildman–Crippen MR) is 86.1 cm³/mol. The zero-order chi connectivity index (χ0) is 16.2. The molecule has 0 unspecified atom stereocenters. The van der Waals surface area contributed by atoms with Crippen LogP contribution in [0.25, 0.3) is 0 Å². The molecule has 1 saturated carbocycles. The lowest BCUT2D eigenvalue weighted by Crippen LogP contribution is -2.24. The molecule has 1 aliphatic rings. The SMILES string of the molecule is O=C(Nc1ccccc1C(=O)O)c1ccc(OC2CCC2)cc1. The van der Waals surface area contributed by atoms with Gasteiger partial charge in [0, 0.05) is 5.56 Å². The fourth-order valence-corrected chi connectivity index (χ4v) is 2.34. The van der Waals surface area contributed by atoms with Crippen LogP contribution in [-0.2, 0) is 0 Å². The number of ether oxygens (including phenoxy) is 1. The second-order valence-electron chi connectivity index (χ2n) is 5.50. The summed E-state index contributed by atoms with van der Waals surface area (Å²) in [5.74, 6) is -0.684. The molecular formula is C18H17NO4. The number of hydrogen-bond donors (Lipinski definition) is 2. The normalized spacial score (nSPS) is 13.9. The Bertz CT molecular complexity index is 720. The second-order valence-corrected chi connectivity index (χ2v) is 5.50. The Morgan fingerprint density at radius 1 is 1.04 bits per heavy atom. The van der Waals surface area contributed by atoms with Gasteiger partial charge in [0.05, 0.1) is 17.4 Å². The van der Waals surface area contributed by atoms with Gasteiger partial charge in [-0.3, -0.25) is 4.79 Å². The molecule has 118 valence electrons. The first-order valence-corrected chi connectivity index (χ1v) is 7.54. The maximum atomic E-state index is 12.2. The Labute approximate surface area is 133 Å². The highest BCUT2D eigenvalue weighted by Gasteiger charge is 2.19. The first-order chi connectivity index (χ1) is 11.1. The molecule has 3 rings (SSSR count). The molecule has 1 aliphatic carbocycles. The number of carbonyl (C=O) groups is 2. The van der Waals surface area contributed by atoms with Crippen molar-refractivity contribution in [3.05, 3.63) is 59.7 Å². The van der Waals surface area contributed by atoms with Crippen LogP contribution in [0.15, 0.2) is 48.5 Å². The molecule has 0 atom stereocenters. The molecule has 0 saturated heterocycles. The zero-order valence-electron chi connectivity index (χ0n) is 12.5. The Balaban J connectivity index is 1.69. The number of para-hydroxylation sites is 1. The van der Waals surface area contributed by atoms with Gasteiger partial charge in [-0.1, -0.05) is 12.1 Å². The third-order valence-electron chi connectivity index (χ3n) is 3.88. The van der Waals surface area contributed by atoms with Crippen molar-refractivity contribution in [2.45, 2.75) is 25.4 Å². The average Bonchev–Trinajstić information content (AvgIpc) is 2.52. The Morgan fingerprint density at radius 2 is 1.74 bits per heavy atom. The van der Waals surface area contributed by atoms with Gasteiger partial charge in [0.2, 0.25) is 0 Å². The van der Waals surface area contributed by atoms with Gasteiger partial charge in [0.1, 0.15) is 5.75 Å². The van der Waals surface area contributed by atoms with Crippen LogP contribution in [0, 0.1) is 0 Å². The molecule has 0 heterocycles. The van der Waals surface area contributed by atoms with Crippen LogP contribution >= 0.6 is 0 Å².